The predicted octanol–water partition coefficient (Wildman–Crippen LogP) is 3.72. The van der Waals surface area contributed by atoms with Crippen molar-refractivity contribution in [3.63, 3.8) is 0 Å². The molecule has 0 bridgehead atoms. The maximum Gasteiger partial charge on any atom is 0.317 e. The Balaban J connectivity index is 1.46. The molecule has 146 valence electrons. The van der Waals surface area contributed by atoms with Crippen LogP contribution in [0.5, 0.6) is 0 Å². The first kappa shape index (κ1) is 18.5. The maximum absolute atomic E-state index is 13.0. The molecule has 1 fully saturated rings. The molecule has 0 radical (unpaired) electrons. The first-order valence-corrected chi connectivity index (χ1v) is 9.95. The molecule has 2 aromatic rings. The van der Waals surface area contributed by atoms with Crippen LogP contribution in [0.3, 0.4) is 0 Å². The Kier molecular flexibility index (Phi) is 5.07. The van der Waals surface area contributed by atoms with E-state index in [2.05, 4.69) is 23.5 Å². The molecule has 1 spiro atoms. The summed E-state index contributed by atoms with van der Waals surface area (Å²) >= 11 is 0. The van der Waals surface area contributed by atoms with Gasteiger partial charge in [0.25, 0.3) is 0 Å². The quantitative estimate of drug-likeness (QED) is 0.805. The smallest absolute Gasteiger partial charge is 0.317 e. The standard InChI is InChI=1S/C23H26N2O3/c26-21(27)11-10-19(14-17-6-2-1-3-7-17)24-22(28)25-15-18-8-4-5-9-20(18)23(16-25)12-13-23/h1-9,19H,10-16H2,(H,24,28)(H,26,27). The second-order valence-corrected chi connectivity index (χ2v) is 8.06. The molecule has 0 aromatic heterocycles. The summed E-state index contributed by atoms with van der Waals surface area (Å²) in [5.74, 6) is -0.837. The number of hydrogen-bond acceptors (Lipinski definition) is 2. The topological polar surface area (TPSA) is 69.6 Å². The molecular formula is C23H26N2O3. The summed E-state index contributed by atoms with van der Waals surface area (Å²) in [6, 6.07) is 18.0. The highest BCUT2D eigenvalue weighted by Crippen LogP contribution is 2.52. The Morgan fingerprint density at radius 3 is 2.50 bits per heavy atom. The fourth-order valence-electron chi connectivity index (χ4n) is 4.30. The van der Waals surface area contributed by atoms with Crippen molar-refractivity contribution in [1.29, 1.82) is 0 Å². The summed E-state index contributed by atoms with van der Waals surface area (Å²) in [7, 11) is 0. The molecule has 1 atom stereocenters. The molecule has 1 unspecified atom stereocenters. The van der Waals surface area contributed by atoms with Gasteiger partial charge in [0.1, 0.15) is 0 Å². The molecule has 2 aromatic carbocycles. The van der Waals surface area contributed by atoms with Gasteiger partial charge in [0.15, 0.2) is 0 Å². The minimum Gasteiger partial charge on any atom is -0.481 e. The molecule has 28 heavy (non-hydrogen) atoms. The number of carbonyl (C=O) groups is 2. The van der Waals surface area contributed by atoms with E-state index in [0.29, 0.717) is 19.4 Å². The average molecular weight is 378 g/mol. The molecule has 0 saturated heterocycles. The Morgan fingerprint density at radius 1 is 1.07 bits per heavy atom. The summed E-state index contributed by atoms with van der Waals surface area (Å²) in [6.45, 7) is 1.35. The van der Waals surface area contributed by atoms with Crippen LogP contribution in [0, 0.1) is 0 Å². The highest BCUT2D eigenvalue weighted by atomic mass is 16.4. The van der Waals surface area contributed by atoms with Crippen molar-refractivity contribution in [2.75, 3.05) is 6.54 Å². The zero-order valence-corrected chi connectivity index (χ0v) is 15.9. The SMILES string of the molecule is O=C(O)CCC(Cc1ccccc1)NC(=O)N1Cc2ccccc2C2(CC2)C1. The largest absolute Gasteiger partial charge is 0.481 e. The number of amides is 2. The molecule has 1 saturated carbocycles. The van der Waals surface area contributed by atoms with Gasteiger partial charge < -0.3 is 15.3 Å². The zero-order valence-electron chi connectivity index (χ0n) is 15.9. The van der Waals surface area contributed by atoms with Crippen molar-refractivity contribution < 1.29 is 14.7 Å². The lowest BCUT2D eigenvalue weighted by atomic mass is 9.87. The van der Waals surface area contributed by atoms with E-state index in [4.69, 9.17) is 5.11 Å². The van der Waals surface area contributed by atoms with Gasteiger partial charge in [-0.15, -0.1) is 0 Å². The van der Waals surface area contributed by atoms with Crippen LogP contribution < -0.4 is 5.32 Å². The van der Waals surface area contributed by atoms with Gasteiger partial charge in [0, 0.05) is 31.0 Å². The molecule has 2 amide bonds. The van der Waals surface area contributed by atoms with Crippen molar-refractivity contribution >= 4 is 12.0 Å². The first-order valence-electron chi connectivity index (χ1n) is 9.95. The number of carboxylic acids is 1. The van der Waals surface area contributed by atoms with Crippen LogP contribution >= 0.6 is 0 Å². The van der Waals surface area contributed by atoms with E-state index in [1.54, 1.807) is 0 Å². The minimum absolute atomic E-state index is 0.0462. The number of nitrogens with zero attached hydrogens (tertiary/aromatic N) is 1. The molecule has 2 aliphatic rings. The minimum atomic E-state index is -0.837. The van der Waals surface area contributed by atoms with Crippen LogP contribution in [0.2, 0.25) is 0 Å². The number of nitrogens with one attached hydrogen (secondary N) is 1. The number of carboxylic acid groups (broad SMARTS) is 1. The van der Waals surface area contributed by atoms with E-state index >= 15 is 0 Å². The lowest BCUT2D eigenvalue weighted by Gasteiger charge is -2.36. The van der Waals surface area contributed by atoms with Gasteiger partial charge in [-0.3, -0.25) is 4.79 Å². The first-order chi connectivity index (χ1) is 13.6. The van der Waals surface area contributed by atoms with Crippen LogP contribution in [0.1, 0.15) is 42.4 Å². The number of urea groups is 1. The second kappa shape index (κ2) is 7.66. The number of fused-ring (bicyclic) bond motifs is 2. The van der Waals surface area contributed by atoms with Crippen molar-refractivity contribution in [1.82, 2.24) is 10.2 Å². The van der Waals surface area contributed by atoms with Gasteiger partial charge in [0.05, 0.1) is 0 Å². The van der Waals surface area contributed by atoms with Gasteiger partial charge in [-0.25, -0.2) is 4.79 Å². The Morgan fingerprint density at radius 2 is 1.79 bits per heavy atom. The van der Waals surface area contributed by atoms with Gasteiger partial charge >= 0.3 is 12.0 Å². The van der Waals surface area contributed by atoms with E-state index in [1.165, 1.54) is 11.1 Å². The van der Waals surface area contributed by atoms with Crippen LogP contribution in [-0.2, 0) is 23.2 Å². The third-order valence-electron chi connectivity index (χ3n) is 5.94. The fraction of sp³-hybridized carbons (Fsp3) is 0.391. The summed E-state index contributed by atoms with van der Waals surface area (Å²) in [5.41, 5.74) is 3.85. The molecular weight excluding hydrogens is 352 g/mol. The zero-order chi connectivity index (χ0) is 19.6. The highest BCUT2D eigenvalue weighted by Gasteiger charge is 2.49. The average Bonchev–Trinajstić information content (AvgIpc) is 3.46. The van der Waals surface area contributed by atoms with Crippen molar-refractivity contribution in [2.24, 2.45) is 0 Å². The van der Waals surface area contributed by atoms with Crippen molar-refractivity contribution in [3.05, 3.63) is 71.3 Å². The van der Waals surface area contributed by atoms with E-state index in [9.17, 15) is 9.59 Å². The molecule has 1 aliphatic carbocycles. The number of rotatable bonds is 6. The van der Waals surface area contributed by atoms with E-state index < -0.39 is 5.97 Å². The Labute approximate surface area is 165 Å². The number of carbonyl (C=O) groups excluding carboxylic acids is 1. The molecule has 5 heteroatoms. The third kappa shape index (κ3) is 4.03. The number of benzene rings is 2. The normalized spacial score (nSPS) is 17.6. The van der Waals surface area contributed by atoms with Gasteiger partial charge in [0.2, 0.25) is 0 Å². The summed E-state index contributed by atoms with van der Waals surface area (Å²) in [6.07, 6.45) is 3.35. The Bertz CT molecular complexity index is 861. The van der Waals surface area contributed by atoms with Gasteiger partial charge in [-0.2, -0.15) is 0 Å². The lowest BCUT2D eigenvalue weighted by molar-refractivity contribution is -0.137. The van der Waals surface area contributed by atoms with Gasteiger partial charge in [-0.05, 0) is 42.4 Å². The Hall–Kier alpha value is -2.82. The van der Waals surface area contributed by atoms with E-state index in [0.717, 1.165) is 24.9 Å². The maximum atomic E-state index is 13.0. The molecule has 4 rings (SSSR count). The monoisotopic (exact) mass is 378 g/mol. The van der Waals surface area contributed by atoms with Crippen molar-refractivity contribution in [2.45, 2.75) is 50.1 Å². The van der Waals surface area contributed by atoms with Gasteiger partial charge in [-0.1, -0.05) is 54.6 Å². The van der Waals surface area contributed by atoms with Crippen molar-refractivity contribution in [3.8, 4) is 0 Å². The summed E-state index contributed by atoms with van der Waals surface area (Å²) in [4.78, 5) is 26.0. The van der Waals surface area contributed by atoms with E-state index in [-0.39, 0.29) is 23.9 Å². The molecule has 2 N–H and O–H groups in total. The molecule has 1 heterocycles. The van der Waals surface area contributed by atoms with Crippen LogP contribution in [-0.4, -0.2) is 34.6 Å². The summed E-state index contributed by atoms with van der Waals surface area (Å²) in [5, 5.41) is 12.2. The highest BCUT2D eigenvalue weighted by molar-refractivity contribution is 5.75. The predicted molar refractivity (Wildman–Crippen MR) is 107 cm³/mol. The van der Waals surface area contributed by atoms with E-state index in [1.807, 2.05) is 41.3 Å². The number of hydrogen-bond donors (Lipinski definition) is 2. The molecule has 5 nitrogen and oxygen atoms in total. The second-order valence-electron chi connectivity index (χ2n) is 8.06. The fourth-order valence-corrected chi connectivity index (χ4v) is 4.30. The van der Waals surface area contributed by atoms with Crippen LogP contribution in [0.4, 0.5) is 4.79 Å². The van der Waals surface area contributed by atoms with Crippen LogP contribution in [0.25, 0.3) is 0 Å². The number of aliphatic carboxylic acids is 1. The van der Waals surface area contributed by atoms with Crippen LogP contribution in [0.15, 0.2) is 54.6 Å². The molecule has 1 aliphatic heterocycles. The summed E-state index contributed by atoms with van der Waals surface area (Å²) < 4.78 is 0. The lowest BCUT2D eigenvalue weighted by Crippen LogP contribution is -2.49. The third-order valence-corrected chi connectivity index (χ3v) is 5.94.